The zero-order valence-electron chi connectivity index (χ0n) is 14.8. The Hall–Kier alpha value is -2.66. The lowest BCUT2D eigenvalue weighted by molar-refractivity contribution is -0.00224. The van der Waals surface area contributed by atoms with Gasteiger partial charge in [0.15, 0.2) is 0 Å². The third-order valence-corrected chi connectivity index (χ3v) is 4.97. The van der Waals surface area contributed by atoms with Crippen molar-refractivity contribution in [2.45, 2.75) is 12.5 Å². The molecule has 2 aromatic carbocycles. The molecule has 27 heavy (non-hydrogen) atoms. The van der Waals surface area contributed by atoms with Crippen molar-refractivity contribution in [1.82, 2.24) is 9.38 Å². The molecule has 0 saturated carbocycles. The normalized spacial score (nSPS) is 13.6. The Kier molecular flexibility index (Phi) is 4.48. The number of imidazole rings is 1. The zero-order valence-corrected chi connectivity index (χ0v) is 15.6. The molecule has 0 fully saturated rings. The van der Waals surface area contributed by atoms with Crippen molar-refractivity contribution in [2.24, 2.45) is 0 Å². The van der Waals surface area contributed by atoms with Crippen LogP contribution >= 0.6 is 11.6 Å². The summed E-state index contributed by atoms with van der Waals surface area (Å²) >= 11 is 5.96. The molecule has 5 heteroatoms. The van der Waals surface area contributed by atoms with Crippen molar-refractivity contribution in [1.29, 1.82) is 0 Å². The van der Waals surface area contributed by atoms with E-state index >= 15 is 0 Å². The molecular weight excluding hydrogens is 360 g/mol. The first-order chi connectivity index (χ1) is 13.0. The molecular formula is C22H19ClN2O2. The van der Waals surface area contributed by atoms with Crippen LogP contribution in [0, 0.1) is 0 Å². The molecule has 4 rings (SSSR count). The number of fused-ring (bicyclic) bond motifs is 1. The summed E-state index contributed by atoms with van der Waals surface area (Å²) in [6.45, 7) is 1.27. The number of hydrogen-bond acceptors (Lipinski definition) is 3. The van der Waals surface area contributed by atoms with Gasteiger partial charge in [-0.25, -0.2) is 4.98 Å². The van der Waals surface area contributed by atoms with E-state index in [0.717, 1.165) is 28.0 Å². The van der Waals surface area contributed by atoms with Gasteiger partial charge in [-0.15, -0.1) is 0 Å². The van der Waals surface area contributed by atoms with Gasteiger partial charge >= 0.3 is 0 Å². The van der Waals surface area contributed by atoms with Crippen molar-refractivity contribution in [3.63, 3.8) is 0 Å². The van der Waals surface area contributed by atoms with Gasteiger partial charge in [-0.2, -0.15) is 0 Å². The van der Waals surface area contributed by atoms with Crippen molar-refractivity contribution >= 4 is 17.2 Å². The molecule has 0 amide bonds. The van der Waals surface area contributed by atoms with Gasteiger partial charge in [0, 0.05) is 23.0 Å². The molecule has 4 nitrogen and oxygen atoms in total. The molecule has 1 unspecified atom stereocenters. The Morgan fingerprint density at radius 3 is 2.44 bits per heavy atom. The van der Waals surface area contributed by atoms with Gasteiger partial charge in [0.2, 0.25) is 0 Å². The Labute approximate surface area is 162 Å². The summed E-state index contributed by atoms with van der Waals surface area (Å²) in [5, 5.41) is 20.4. The topological polar surface area (TPSA) is 57.8 Å². The number of halogens is 1. The average molecular weight is 379 g/mol. The lowest BCUT2D eigenvalue weighted by Crippen LogP contribution is -2.25. The molecule has 0 radical (unpaired) electrons. The molecule has 2 aromatic heterocycles. The number of hydrogen-bond donors (Lipinski definition) is 2. The van der Waals surface area contributed by atoms with Gasteiger partial charge < -0.3 is 14.6 Å². The quantitative estimate of drug-likeness (QED) is 0.549. The van der Waals surface area contributed by atoms with Crippen LogP contribution in [0.25, 0.3) is 28.0 Å². The molecule has 1 atom stereocenters. The molecule has 4 aromatic rings. The fourth-order valence-electron chi connectivity index (χ4n) is 3.05. The molecule has 0 bridgehead atoms. The predicted molar refractivity (Wildman–Crippen MR) is 108 cm³/mol. The van der Waals surface area contributed by atoms with E-state index in [2.05, 4.69) is 4.98 Å². The summed E-state index contributed by atoms with van der Waals surface area (Å²) in [7, 11) is 0. The highest BCUT2D eigenvalue weighted by Gasteiger charge is 2.22. The molecule has 136 valence electrons. The van der Waals surface area contributed by atoms with Gasteiger partial charge in [0.1, 0.15) is 11.2 Å². The summed E-state index contributed by atoms with van der Waals surface area (Å²) in [5.41, 5.74) is 4.10. The van der Waals surface area contributed by atoms with Crippen LogP contribution in [0.3, 0.4) is 0 Å². The van der Waals surface area contributed by atoms with E-state index < -0.39 is 5.60 Å². The second kappa shape index (κ2) is 6.82. The van der Waals surface area contributed by atoms with E-state index in [4.69, 9.17) is 11.6 Å². The van der Waals surface area contributed by atoms with E-state index in [1.165, 1.54) is 0 Å². The minimum atomic E-state index is -1.27. The maximum absolute atomic E-state index is 10.3. The second-order valence-corrected chi connectivity index (χ2v) is 7.27. The Balaban J connectivity index is 1.74. The Morgan fingerprint density at radius 2 is 1.70 bits per heavy atom. The summed E-state index contributed by atoms with van der Waals surface area (Å²) in [6, 6.07) is 19.1. The first kappa shape index (κ1) is 17.7. The number of rotatable bonds is 4. The van der Waals surface area contributed by atoms with Crippen LogP contribution in [0.15, 0.2) is 73.1 Å². The lowest BCUT2D eigenvalue weighted by atomic mass is 9.94. The number of aromatic nitrogens is 2. The van der Waals surface area contributed by atoms with Crippen LogP contribution in [0.2, 0.25) is 5.02 Å². The molecule has 0 saturated heterocycles. The first-order valence-corrected chi connectivity index (χ1v) is 9.03. The van der Waals surface area contributed by atoms with E-state index in [1.54, 1.807) is 6.92 Å². The van der Waals surface area contributed by atoms with Crippen molar-refractivity contribution in [3.8, 4) is 22.4 Å². The molecule has 2 heterocycles. The minimum Gasteiger partial charge on any atom is -0.393 e. The van der Waals surface area contributed by atoms with Gasteiger partial charge in [-0.3, -0.25) is 0 Å². The summed E-state index contributed by atoms with van der Waals surface area (Å²) in [6.07, 6.45) is 3.99. The van der Waals surface area contributed by atoms with Gasteiger partial charge in [0.05, 0.1) is 12.3 Å². The zero-order chi connectivity index (χ0) is 19.0. The van der Waals surface area contributed by atoms with Gasteiger partial charge in [-0.05, 0) is 53.9 Å². The largest absolute Gasteiger partial charge is 0.393 e. The standard InChI is InChI=1S/C22H19ClN2O2/c1-22(27,14-26)18-4-2-3-16(11-18)17-7-10-21-24-20(13-25(21)12-17)15-5-8-19(23)9-6-15/h2-13,26-27H,14H2,1H3. The summed E-state index contributed by atoms with van der Waals surface area (Å²) < 4.78 is 1.98. The highest BCUT2D eigenvalue weighted by molar-refractivity contribution is 6.30. The highest BCUT2D eigenvalue weighted by atomic mass is 35.5. The Morgan fingerprint density at radius 1 is 0.963 bits per heavy atom. The Bertz CT molecular complexity index is 1100. The minimum absolute atomic E-state index is 0.332. The SMILES string of the molecule is CC(O)(CO)c1cccc(-c2ccc3nc(-c4ccc(Cl)cc4)cn3c2)c1. The first-order valence-electron chi connectivity index (χ1n) is 8.65. The van der Waals surface area contributed by atoms with E-state index in [1.807, 2.05) is 77.5 Å². The number of aliphatic hydroxyl groups excluding tert-OH is 1. The second-order valence-electron chi connectivity index (χ2n) is 6.83. The predicted octanol–water partition coefficient (Wildman–Crippen LogP) is 4.52. The maximum atomic E-state index is 10.3. The molecule has 0 aliphatic carbocycles. The van der Waals surface area contributed by atoms with Crippen LogP contribution in [-0.4, -0.2) is 26.2 Å². The fourth-order valence-corrected chi connectivity index (χ4v) is 3.17. The van der Waals surface area contributed by atoms with Gasteiger partial charge in [0.25, 0.3) is 0 Å². The summed E-state index contributed by atoms with van der Waals surface area (Å²) in [5.74, 6) is 0. The van der Waals surface area contributed by atoms with Crippen LogP contribution in [0.4, 0.5) is 0 Å². The van der Waals surface area contributed by atoms with Crippen LogP contribution in [0.1, 0.15) is 12.5 Å². The highest BCUT2D eigenvalue weighted by Crippen LogP contribution is 2.28. The lowest BCUT2D eigenvalue weighted by Gasteiger charge is -2.21. The number of pyridine rings is 1. The smallest absolute Gasteiger partial charge is 0.137 e. The van der Waals surface area contributed by atoms with Gasteiger partial charge in [-0.1, -0.05) is 41.9 Å². The number of aliphatic hydroxyl groups is 2. The van der Waals surface area contributed by atoms with Crippen LogP contribution in [-0.2, 0) is 5.60 Å². The van der Waals surface area contributed by atoms with E-state index in [9.17, 15) is 10.2 Å². The molecule has 0 aliphatic heterocycles. The third kappa shape index (κ3) is 3.47. The fraction of sp³-hybridized carbons (Fsp3) is 0.136. The van der Waals surface area contributed by atoms with E-state index in [0.29, 0.717) is 10.6 Å². The molecule has 0 aliphatic rings. The third-order valence-electron chi connectivity index (χ3n) is 4.72. The van der Waals surface area contributed by atoms with Crippen LogP contribution in [0.5, 0.6) is 0 Å². The number of nitrogens with zero attached hydrogens (tertiary/aromatic N) is 2. The van der Waals surface area contributed by atoms with Crippen molar-refractivity contribution in [2.75, 3.05) is 6.61 Å². The van der Waals surface area contributed by atoms with E-state index in [-0.39, 0.29) is 6.61 Å². The number of benzene rings is 2. The molecule has 0 spiro atoms. The maximum Gasteiger partial charge on any atom is 0.137 e. The van der Waals surface area contributed by atoms with Crippen LogP contribution < -0.4 is 0 Å². The van der Waals surface area contributed by atoms with Crippen molar-refractivity contribution in [3.05, 3.63) is 83.6 Å². The average Bonchev–Trinajstić information content (AvgIpc) is 3.12. The molecule has 2 N–H and O–H groups in total. The monoisotopic (exact) mass is 378 g/mol. The van der Waals surface area contributed by atoms with Crippen molar-refractivity contribution < 1.29 is 10.2 Å². The summed E-state index contributed by atoms with van der Waals surface area (Å²) in [4.78, 5) is 4.66.